The number of alkyl halides is 1. The van der Waals surface area contributed by atoms with Gasteiger partial charge in [-0.3, -0.25) is 9.69 Å². The molecular weight excluding hydrogens is 258 g/mol. The molecule has 0 aromatic carbocycles. The van der Waals surface area contributed by atoms with Gasteiger partial charge in [0.15, 0.2) is 0 Å². The first-order chi connectivity index (χ1) is 8.26. The van der Waals surface area contributed by atoms with E-state index in [9.17, 15) is 9.59 Å². The normalized spacial score (nSPS) is 20.9. The SMILES string of the molecule is C#CCOC1CC(=O)N1C(Cl)C(=O)OC(C)(C)C. The van der Waals surface area contributed by atoms with Gasteiger partial charge in [-0.25, -0.2) is 4.79 Å². The number of ether oxygens (including phenoxy) is 2. The molecule has 0 bridgehead atoms. The van der Waals surface area contributed by atoms with Crippen molar-refractivity contribution in [3.05, 3.63) is 0 Å². The summed E-state index contributed by atoms with van der Waals surface area (Å²) in [5.41, 5.74) is -1.85. The summed E-state index contributed by atoms with van der Waals surface area (Å²) >= 11 is 5.91. The molecule has 1 fully saturated rings. The number of hydrogen-bond donors (Lipinski definition) is 0. The molecule has 1 rings (SSSR count). The van der Waals surface area contributed by atoms with E-state index in [2.05, 4.69) is 5.92 Å². The Labute approximate surface area is 111 Å². The van der Waals surface area contributed by atoms with Gasteiger partial charge in [-0.1, -0.05) is 17.5 Å². The molecule has 2 atom stereocenters. The smallest absolute Gasteiger partial charge is 0.345 e. The van der Waals surface area contributed by atoms with Crippen LogP contribution in [0.15, 0.2) is 0 Å². The van der Waals surface area contributed by atoms with Crippen LogP contribution >= 0.6 is 11.6 Å². The van der Waals surface area contributed by atoms with E-state index >= 15 is 0 Å². The Bertz CT molecular complexity index is 383. The second-order valence-corrected chi connectivity index (χ2v) is 5.26. The predicted molar refractivity (Wildman–Crippen MR) is 65.5 cm³/mol. The summed E-state index contributed by atoms with van der Waals surface area (Å²) in [6.07, 6.45) is 4.67. The Morgan fingerprint density at radius 2 is 2.28 bits per heavy atom. The highest BCUT2D eigenvalue weighted by molar-refractivity contribution is 6.30. The van der Waals surface area contributed by atoms with Gasteiger partial charge in [0.1, 0.15) is 18.4 Å². The Hall–Kier alpha value is -1.25. The van der Waals surface area contributed by atoms with Crippen molar-refractivity contribution < 1.29 is 19.1 Å². The van der Waals surface area contributed by atoms with Crippen molar-refractivity contribution >= 4 is 23.5 Å². The van der Waals surface area contributed by atoms with Crippen molar-refractivity contribution in [2.24, 2.45) is 0 Å². The molecule has 1 aliphatic heterocycles. The zero-order chi connectivity index (χ0) is 13.9. The third kappa shape index (κ3) is 3.62. The van der Waals surface area contributed by atoms with Gasteiger partial charge in [0.25, 0.3) is 0 Å². The number of carbonyl (C=O) groups is 2. The van der Waals surface area contributed by atoms with Crippen LogP contribution in [0.4, 0.5) is 0 Å². The lowest BCUT2D eigenvalue weighted by molar-refractivity contribution is -0.185. The number of carbonyl (C=O) groups excluding carboxylic acids is 2. The first kappa shape index (κ1) is 14.8. The fraction of sp³-hybridized carbons (Fsp3) is 0.667. The van der Waals surface area contributed by atoms with Crippen LogP contribution in [0.2, 0.25) is 0 Å². The number of amides is 1. The topological polar surface area (TPSA) is 55.8 Å². The van der Waals surface area contributed by atoms with Crippen LogP contribution in [0.1, 0.15) is 27.2 Å². The van der Waals surface area contributed by atoms with Crippen molar-refractivity contribution in [3.63, 3.8) is 0 Å². The monoisotopic (exact) mass is 273 g/mol. The van der Waals surface area contributed by atoms with E-state index in [-0.39, 0.29) is 18.9 Å². The molecule has 18 heavy (non-hydrogen) atoms. The van der Waals surface area contributed by atoms with Crippen LogP contribution in [0.5, 0.6) is 0 Å². The number of nitrogens with zero attached hydrogens (tertiary/aromatic N) is 1. The van der Waals surface area contributed by atoms with Gasteiger partial charge < -0.3 is 9.47 Å². The van der Waals surface area contributed by atoms with Gasteiger partial charge in [0.2, 0.25) is 11.4 Å². The minimum absolute atomic E-state index is 0.0619. The summed E-state index contributed by atoms with van der Waals surface area (Å²) < 4.78 is 10.3. The van der Waals surface area contributed by atoms with Crippen LogP contribution in [-0.2, 0) is 19.1 Å². The van der Waals surface area contributed by atoms with Gasteiger partial charge in [-0.15, -0.1) is 6.42 Å². The number of halogens is 1. The van der Waals surface area contributed by atoms with Crippen LogP contribution < -0.4 is 0 Å². The molecule has 5 nitrogen and oxygen atoms in total. The van der Waals surface area contributed by atoms with E-state index in [0.29, 0.717) is 0 Å². The second kappa shape index (κ2) is 5.59. The Morgan fingerprint density at radius 1 is 1.67 bits per heavy atom. The van der Waals surface area contributed by atoms with Gasteiger partial charge in [0.05, 0.1) is 6.42 Å². The predicted octanol–water partition coefficient (Wildman–Crippen LogP) is 1.10. The van der Waals surface area contributed by atoms with Gasteiger partial charge in [0, 0.05) is 0 Å². The highest BCUT2D eigenvalue weighted by atomic mass is 35.5. The van der Waals surface area contributed by atoms with Crippen LogP contribution in [0.3, 0.4) is 0 Å². The average molecular weight is 274 g/mol. The molecule has 1 amide bonds. The van der Waals surface area contributed by atoms with E-state index in [1.807, 2.05) is 0 Å². The number of hydrogen-bond acceptors (Lipinski definition) is 4. The summed E-state index contributed by atoms with van der Waals surface area (Å²) in [4.78, 5) is 24.3. The van der Waals surface area contributed by atoms with Crippen molar-refractivity contribution in [2.45, 2.75) is 44.5 Å². The molecule has 0 spiro atoms. The summed E-state index contributed by atoms with van der Waals surface area (Å²) in [5, 5.41) is 0. The Morgan fingerprint density at radius 3 is 2.72 bits per heavy atom. The van der Waals surface area contributed by atoms with Gasteiger partial charge in [-0.05, 0) is 20.8 Å². The molecule has 0 aliphatic carbocycles. The lowest BCUT2D eigenvalue weighted by atomic mass is 10.1. The maximum atomic E-state index is 11.7. The van der Waals surface area contributed by atoms with Gasteiger partial charge >= 0.3 is 5.97 Å². The third-order valence-electron chi connectivity index (χ3n) is 2.15. The molecular formula is C12H16ClNO4. The van der Waals surface area contributed by atoms with E-state index in [1.54, 1.807) is 20.8 Å². The fourth-order valence-electron chi connectivity index (χ4n) is 1.42. The first-order valence-electron chi connectivity index (χ1n) is 5.49. The number of terminal acetylenes is 1. The summed E-state index contributed by atoms with van der Waals surface area (Å²) in [6.45, 7) is 5.22. The first-order valence-corrected chi connectivity index (χ1v) is 5.93. The highest BCUT2D eigenvalue weighted by Gasteiger charge is 2.45. The number of rotatable bonds is 4. The fourth-order valence-corrected chi connectivity index (χ4v) is 1.70. The van der Waals surface area contributed by atoms with E-state index in [4.69, 9.17) is 27.5 Å². The molecule has 100 valence electrons. The van der Waals surface area contributed by atoms with Crippen LogP contribution in [0, 0.1) is 12.3 Å². The zero-order valence-electron chi connectivity index (χ0n) is 10.6. The third-order valence-corrected chi connectivity index (χ3v) is 2.54. The molecule has 0 saturated carbocycles. The van der Waals surface area contributed by atoms with Crippen LogP contribution in [-0.4, -0.2) is 40.7 Å². The molecule has 1 saturated heterocycles. The van der Waals surface area contributed by atoms with E-state index < -0.39 is 23.3 Å². The molecule has 0 aromatic heterocycles. The summed E-state index contributed by atoms with van der Waals surface area (Å²) in [5.74, 6) is 1.35. The van der Waals surface area contributed by atoms with E-state index in [0.717, 1.165) is 4.90 Å². The molecule has 0 N–H and O–H groups in total. The number of esters is 1. The molecule has 1 aliphatic rings. The molecule has 0 aromatic rings. The maximum absolute atomic E-state index is 11.7. The lowest BCUT2D eigenvalue weighted by Gasteiger charge is -2.41. The zero-order valence-corrected chi connectivity index (χ0v) is 11.4. The van der Waals surface area contributed by atoms with Crippen molar-refractivity contribution in [1.82, 2.24) is 4.90 Å². The van der Waals surface area contributed by atoms with Crippen LogP contribution in [0.25, 0.3) is 0 Å². The molecule has 1 heterocycles. The molecule has 2 unspecified atom stereocenters. The Balaban J connectivity index is 2.59. The Kier molecular flexibility index (Phi) is 4.60. The number of likely N-dealkylation sites (tertiary alicyclic amines) is 1. The minimum Gasteiger partial charge on any atom is -0.458 e. The maximum Gasteiger partial charge on any atom is 0.345 e. The van der Waals surface area contributed by atoms with Crippen molar-refractivity contribution in [1.29, 1.82) is 0 Å². The summed E-state index contributed by atoms with van der Waals surface area (Å²) in [6, 6.07) is 0. The molecule has 0 radical (unpaired) electrons. The minimum atomic E-state index is -1.19. The number of β-lactam (4-membered cyclic amide) rings is 1. The standard InChI is InChI=1S/C12H16ClNO4/c1-5-6-17-9-7-8(15)14(9)10(13)11(16)18-12(2,3)4/h1,9-10H,6-7H2,2-4H3. The second-order valence-electron chi connectivity index (χ2n) is 4.84. The van der Waals surface area contributed by atoms with Gasteiger partial charge in [-0.2, -0.15) is 0 Å². The average Bonchev–Trinajstić information content (AvgIpc) is 2.21. The largest absolute Gasteiger partial charge is 0.458 e. The van der Waals surface area contributed by atoms with Crippen molar-refractivity contribution in [2.75, 3.05) is 6.61 Å². The molecule has 6 heteroatoms. The lowest BCUT2D eigenvalue weighted by Crippen LogP contribution is -2.59. The highest BCUT2D eigenvalue weighted by Crippen LogP contribution is 2.26. The quantitative estimate of drug-likeness (QED) is 0.253. The summed E-state index contributed by atoms with van der Waals surface area (Å²) in [7, 11) is 0. The van der Waals surface area contributed by atoms with E-state index in [1.165, 1.54) is 0 Å². The van der Waals surface area contributed by atoms with Crippen molar-refractivity contribution in [3.8, 4) is 12.3 Å².